The molecule has 1 heterocycles. The Labute approximate surface area is 107 Å². The highest BCUT2D eigenvalue weighted by Gasteiger charge is 2.36. The average Bonchev–Trinajstić information content (AvgIpc) is 2.72. The summed E-state index contributed by atoms with van der Waals surface area (Å²) in [7, 11) is 0. The van der Waals surface area contributed by atoms with Crippen LogP contribution in [0.4, 0.5) is 0 Å². The van der Waals surface area contributed by atoms with E-state index in [0.717, 1.165) is 5.56 Å². The molecule has 1 aliphatic rings. The van der Waals surface area contributed by atoms with E-state index in [9.17, 15) is 9.90 Å². The van der Waals surface area contributed by atoms with Gasteiger partial charge in [0.15, 0.2) is 0 Å². The molecule has 98 valence electrons. The van der Waals surface area contributed by atoms with Crippen LogP contribution in [-0.4, -0.2) is 41.3 Å². The normalized spacial score (nSPS) is 24.1. The highest BCUT2D eigenvalue weighted by molar-refractivity contribution is 5.76. The smallest absolute Gasteiger partial charge is 0.323 e. The van der Waals surface area contributed by atoms with Crippen LogP contribution < -0.4 is 0 Å². The quantitative estimate of drug-likeness (QED) is 0.814. The van der Waals surface area contributed by atoms with E-state index in [2.05, 4.69) is 0 Å². The summed E-state index contributed by atoms with van der Waals surface area (Å²) < 4.78 is 5.05. The third-order valence-electron chi connectivity index (χ3n) is 3.17. The number of aliphatic hydroxyl groups is 1. The molecule has 2 rings (SSSR count). The van der Waals surface area contributed by atoms with Crippen molar-refractivity contribution in [3.05, 3.63) is 35.9 Å². The van der Waals surface area contributed by atoms with Crippen LogP contribution in [0, 0.1) is 0 Å². The fourth-order valence-corrected chi connectivity index (χ4v) is 2.36. The van der Waals surface area contributed by atoms with E-state index >= 15 is 0 Å². The summed E-state index contributed by atoms with van der Waals surface area (Å²) >= 11 is 0. The Morgan fingerprint density at radius 1 is 1.44 bits per heavy atom. The second-order valence-corrected chi connectivity index (χ2v) is 4.57. The SMILES string of the molecule is CCOC(=O)C1C[C@@H](O)CN1Cc1ccccc1. The second kappa shape index (κ2) is 5.98. The number of hydrogen-bond acceptors (Lipinski definition) is 4. The van der Waals surface area contributed by atoms with Crippen molar-refractivity contribution < 1.29 is 14.6 Å². The zero-order valence-electron chi connectivity index (χ0n) is 10.6. The lowest BCUT2D eigenvalue weighted by Crippen LogP contribution is -2.36. The molecule has 0 amide bonds. The van der Waals surface area contributed by atoms with Crippen molar-refractivity contribution in [3.8, 4) is 0 Å². The van der Waals surface area contributed by atoms with Crippen LogP contribution in [0.15, 0.2) is 30.3 Å². The van der Waals surface area contributed by atoms with E-state index in [1.54, 1.807) is 6.92 Å². The summed E-state index contributed by atoms with van der Waals surface area (Å²) in [4.78, 5) is 13.8. The molecule has 4 heteroatoms. The standard InChI is InChI=1S/C14H19NO3/c1-2-18-14(17)13-8-12(16)10-15(13)9-11-6-4-3-5-7-11/h3-7,12-13,16H,2,8-10H2,1H3/t12-,13?/m1/s1. The van der Waals surface area contributed by atoms with Crippen molar-refractivity contribution in [2.24, 2.45) is 0 Å². The number of hydrogen-bond donors (Lipinski definition) is 1. The summed E-state index contributed by atoms with van der Waals surface area (Å²) in [5, 5.41) is 9.72. The van der Waals surface area contributed by atoms with Crippen LogP contribution in [0.5, 0.6) is 0 Å². The number of carbonyl (C=O) groups excluding carboxylic acids is 1. The maximum Gasteiger partial charge on any atom is 0.323 e. The molecule has 1 saturated heterocycles. The van der Waals surface area contributed by atoms with Crippen molar-refractivity contribution in [3.63, 3.8) is 0 Å². The van der Waals surface area contributed by atoms with E-state index in [0.29, 0.717) is 26.1 Å². The van der Waals surface area contributed by atoms with Gasteiger partial charge in [0.1, 0.15) is 6.04 Å². The van der Waals surface area contributed by atoms with Gasteiger partial charge in [-0.1, -0.05) is 30.3 Å². The first-order chi connectivity index (χ1) is 8.70. The van der Waals surface area contributed by atoms with Crippen LogP contribution in [0.3, 0.4) is 0 Å². The van der Waals surface area contributed by atoms with Crippen LogP contribution in [0.25, 0.3) is 0 Å². The summed E-state index contributed by atoms with van der Waals surface area (Å²) in [6.07, 6.45) is 0.0224. The van der Waals surface area contributed by atoms with Gasteiger partial charge in [-0.3, -0.25) is 9.69 Å². The predicted molar refractivity (Wildman–Crippen MR) is 67.9 cm³/mol. The topological polar surface area (TPSA) is 49.8 Å². The highest BCUT2D eigenvalue weighted by Crippen LogP contribution is 2.21. The Morgan fingerprint density at radius 3 is 2.83 bits per heavy atom. The summed E-state index contributed by atoms with van der Waals surface area (Å²) in [6.45, 7) is 3.37. The number of likely N-dealkylation sites (tertiary alicyclic amines) is 1. The third-order valence-corrected chi connectivity index (χ3v) is 3.17. The van der Waals surface area contributed by atoms with E-state index < -0.39 is 6.10 Å². The summed E-state index contributed by atoms with van der Waals surface area (Å²) in [6, 6.07) is 9.63. The first-order valence-corrected chi connectivity index (χ1v) is 6.33. The van der Waals surface area contributed by atoms with Gasteiger partial charge in [-0.05, 0) is 12.5 Å². The number of carbonyl (C=O) groups is 1. The Bertz CT molecular complexity index is 393. The number of rotatable bonds is 4. The summed E-state index contributed by atoms with van der Waals surface area (Å²) in [5.74, 6) is -0.231. The lowest BCUT2D eigenvalue weighted by molar-refractivity contribution is -0.148. The number of nitrogens with zero attached hydrogens (tertiary/aromatic N) is 1. The van der Waals surface area contributed by atoms with E-state index in [4.69, 9.17) is 4.74 Å². The Kier molecular flexibility index (Phi) is 4.33. The fraction of sp³-hybridized carbons (Fsp3) is 0.500. The molecule has 1 fully saturated rings. The van der Waals surface area contributed by atoms with Crippen molar-refractivity contribution in [2.45, 2.75) is 32.0 Å². The van der Waals surface area contributed by atoms with Gasteiger partial charge in [0.05, 0.1) is 12.7 Å². The third kappa shape index (κ3) is 3.09. The lowest BCUT2D eigenvalue weighted by Gasteiger charge is -2.22. The number of aliphatic hydroxyl groups excluding tert-OH is 1. The van der Waals surface area contributed by atoms with Gasteiger partial charge >= 0.3 is 5.97 Å². The van der Waals surface area contributed by atoms with Gasteiger partial charge in [0, 0.05) is 19.5 Å². The van der Waals surface area contributed by atoms with Crippen LogP contribution in [0.1, 0.15) is 18.9 Å². The largest absolute Gasteiger partial charge is 0.465 e. The van der Waals surface area contributed by atoms with Crippen molar-refractivity contribution in [1.29, 1.82) is 0 Å². The van der Waals surface area contributed by atoms with E-state index in [1.165, 1.54) is 0 Å². The number of benzene rings is 1. The molecule has 1 aliphatic heterocycles. The number of β-amino-alcohol motifs (C(OH)–C–C–N with tert-alkyl or cyclic N) is 1. The van der Waals surface area contributed by atoms with Crippen molar-refractivity contribution in [1.82, 2.24) is 4.90 Å². The molecule has 1 aromatic carbocycles. The van der Waals surface area contributed by atoms with Crippen LogP contribution in [0.2, 0.25) is 0 Å². The zero-order valence-corrected chi connectivity index (χ0v) is 10.6. The maximum absolute atomic E-state index is 11.8. The molecular weight excluding hydrogens is 230 g/mol. The Balaban J connectivity index is 2.03. The molecule has 4 nitrogen and oxygen atoms in total. The molecule has 1 N–H and O–H groups in total. The molecule has 0 spiro atoms. The number of ether oxygens (including phenoxy) is 1. The predicted octanol–water partition coefficient (Wildman–Crippen LogP) is 1.18. The minimum Gasteiger partial charge on any atom is -0.465 e. The molecule has 0 radical (unpaired) electrons. The van der Waals surface area contributed by atoms with E-state index in [1.807, 2.05) is 35.2 Å². The van der Waals surface area contributed by atoms with Crippen molar-refractivity contribution in [2.75, 3.05) is 13.2 Å². The van der Waals surface area contributed by atoms with Crippen molar-refractivity contribution >= 4 is 5.97 Å². The second-order valence-electron chi connectivity index (χ2n) is 4.57. The zero-order chi connectivity index (χ0) is 13.0. The van der Waals surface area contributed by atoms with E-state index in [-0.39, 0.29) is 12.0 Å². The fourth-order valence-electron chi connectivity index (χ4n) is 2.36. The van der Waals surface area contributed by atoms with Gasteiger partial charge in [0.25, 0.3) is 0 Å². The van der Waals surface area contributed by atoms with Crippen LogP contribution in [-0.2, 0) is 16.1 Å². The molecule has 1 aromatic rings. The Morgan fingerprint density at radius 2 is 2.17 bits per heavy atom. The van der Waals surface area contributed by atoms with Gasteiger partial charge in [-0.2, -0.15) is 0 Å². The molecule has 0 aromatic heterocycles. The molecule has 18 heavy (non-hydrogen) atoms. The molecule has 0 bridgehead atoms. The molecular formula is C14H19NO3. The maximum atomic E-state index is 11.8. The van der Waals surface area contributed by atoms with Gasteiger partial charge in [0.2, 0.25) is 0 Å². The lowest BCUT2D eigenvalue weighted by atomic mass is 10.2. The van der Waals surface area contributed by atoms with Gasteiger partial charge in [-0.25, -0.2) is 0 Å². The van der Waals surface area contributed by atoms with Gasteiger partial charge in [-0.15, -0.1) is 0 Å². The van der Waals surface area contributed by atoms with Crippen LogP contribution >= 0.6 is 0 Å². The molecule has 2 atom stereocenters. The first-order valence-electron chi connectivity index (χ1n) is 6.33. The van der Waals surface area contributed by atoms with Gasteiger partial charge < -0.3 is 9.84 Å². The molecule has 0 aliphatic carbocycles. The average molecular weight is 249 g/mol. The summed E-state index contributed by atoms with van der Waals surface area (Å²) in [5.41, 5.74) is 1.14. The molecule has 0 saturated carbocycles. The monoisotopic (exact) mass is 249 g/mol. The first kappa shape index (κ1) is 13.1. The Hall–Kier alpha value is -1.39. The minimum absolute atomic E-state index is 0.231. The number of esters is 1. The minimum atomic E-state index is -0.442. The highest BCUT2D eigenvalue weighted by atomic mass is 16.5. The molecule has 1 unspecified atom stereocenters.